The molecular weight excluding hydrogens is 338 g/mol. The summed E-state index contributed by atoms with van der Waals surface area (Å²) in [5.41, 5.74) is 2.96. The Morgan fingerprint density at radius 2 is 1.96 bits per heavy atom. The van der Waals surface area contributed by atoms with Crippen molar-refractivity contribution in [2.75, 3.05) is 6.54 Å². The number of benzene rings is 2. The maximum absolute atomic E-state index is 12.2. The maximum Gasteiger partial charge on any atom is 0.330 e. The molecule has 6 heteroatoms. The molecule has 0 spiro atoms. The summed E-state index contributed by atoms with van der Waals surface area (Å²) >= 11 is 5.95. The lowest BCUT2D eigenvalue weighted by atomic mass is 10.1. The third-order valence-corrected chi connectivity index (χ3v) is 4.17. The van der Waals surface area contributed by atoms with Gasteiger partial charge in [0.15, 0.2) is 0 Å². The van der Waals surface area contributed by atoms with Crippen molar-refractivity contribution in [3.63, 3.8) is 0 Å². The molecule has 0 aliphatic carbocycles. The lowest BCUT2D eigenvalue weighted by Gasteiger charge is -2.08. The molecule has 3 aromatic rings. The van der Waals surface area contributed by atoms with Gasteiger partial charge in [0, 0.05) is 29.0 Å². The minimum absolute atomic E-state index is 0.147. The number of halogens is 1. The van der Waals surface area contributed by atoms with Crippen molar-refractivity contribution in [1.29, 1.82) is 0 Å². The van der Waals surface area contributed by atoms with Gasteiger partial charge in [0.25, 0.3) is 5.91 Å². The third-order valence-electron chi connectivity index (χ3n) is 3.94. The van der Waals surface area contributed by atoms with Gasteiger partial charge in [-0.05, 0) is 55.3 Å². The summed E-state index contributed by atoms with van der Waals surface area (Å²) in [4.78, 5) is 26.6. The Hall–Kier alpha value is -2.79. The second-order valence-electron chi connectivity index (χ2n) is 5.75. The van der Waals surface area contributed by atoms with Crippen LogP contribution in [0.4, 0.5) is 0 Å². The Kier molecular flexibility index (Phi) is 5.05. The van der Waals surface area contributed by atoms with Gasteiger partial charge in [-0.15, -0.1) is 0 Å². The highest BCUT2D eigenvalue weighted by atomic mass is 35.5. The van der Waals surface area contributed by atoms with Crippen LogP contribution in [0.25, 0.3) is 5.69 Å². The molecule has 0 aliphatic rings. The Balaban J connectivity index is 1.62. The Labute approximate surface area is 150 Å². The molecule has 25 heavy (non-hydrogen) atoms. The Morgan fingerprint density at radius 3 is 2.60 bits per heavy atom. The first-order chi connectivity index (χ1) is 12.0. The lowest BCUT2D eigenvalue weighted by Crippen LogP contribution is -2.25. The second-order valence-corrected chi connectivity index (χ2v) is 6.19. The number of carbonyl (C=O) groups is 1. The topological polar surface area (TPSA) is 66.9 Å². The highest BCUT2D eigenvalue weighted by Gasteiger charge is 2.08. The minimum Gasteiger partial charge on any atom is -0.352 e. The summed E-state index contributed by atoms with van der Waals surface area (Å²) in [5.74, 6) is -0.147. The summed E-state index contributed by atoms with van der Waals surface area (Å²) in [7, 11) is 0. The van der Waals surface area contributed by atoms with Crippen LogP contribution in [0.15, 0.2) is 59.5 Å². The number of H-pyrrole nitrogens is 1. The number of nitrogens with one attached hydrogen (secondary N) is 2. The zero-order valence-electron chi connectivity index (χ0n) is 13.8. The first-order valence-electron chi connectivity index (χ1n) is 7.95. The second kappa shape index (κ2) is 7.40. The zero-order valence-corrected chi connectivity index (χ0v) is 14.5. The largest absolute Gasteiger partial charge is 0.352 e. The predicted molar refractivity (Wildman–Crippen MR) is 98.6 cm³/mol. The van der Waals surface area contributed by atoms with Crippen molar-refractivity contribution in [2.45, 2.75) is 13.3 Å². The summed E-state index contributed by atoms with van der Waals surface area (Å²) in [6.07, 6.45) is 2.36. The van der Waals surface area contributed by atoms with Crippen molar-refractivity contribution in [3.8, 4) is 5.69 Å². The smallest absolute Gasteiger partial charge is 0.330 e. The van der Waals surface area contributed by atoms with Crippen LogP contribution in [-0.2, 0) is 6.42 Å². The number of hydrogen-bond acceptors (Lipinski definition) is 2. The van der Waals surface area contributed by atoms with Gasteiger partial charge in [-0.2, -0.15) is 0 Å². The van der Waals surface area contributed by atoms with E-state index in [4.69, 9.17) is 11.6 Å². The zero-order chi connectivity index (χ0) is 17.8. The molecule has 0 aliphatic heterocycles. The van der Waals surface area contributed by atoms with Crippen molar-refractivity contribution < 1.29 is 4.79 Å². The molecule has 128 valence electrons. The molecule has 0 atom stereocenters. The Bertz CT molecular complexity index is 942. The van der Waals surface area contributed by atoms with Crippen LogP contribution >= 0.6 is 11.6 Å². The van der Waals surface area contributed by atoms with Gasteiger partial charge in [-0.25, -0.2) is 4.79 Å². The van der Waals surface area contributed by atoms with Gasteiger partial charge in [0.1, 0.15) is 0 Å². The standard InChI is InChI=1S/C19H18ClN3O2/c1-13-12-22-19(25)23(13)17-7-5-15(6-8-17)18(24)21-10-9-14-3-2-4-16(20)11-14/h2-8,11-12H,9-10H2,1H3,(H,21,24)(H,22,25). The SMILES string of the molecule is Cc1c[nH]c(=O)n1-c1ccc(C(=O)NCCc2cccc(Cl)c2)cc1. The van der Waals surface area contributed by atoms with Gasteiger partial charge >= 0.3 is 5.69 Å². The molecule has 1 aromatic heterocycles. The van der Waals surface area contributed by atoms with Crippen LogP contribution in [0.2, 0.25) is 5.02 Å². The Morgan fingerprint density at radius 1 is 1.20 bits per heavy atom. The van der Waals surface area contributed by atoms with E-state index in [-0.39, 0.29) is 11.6 Å². The average Bonchev–Trinajstić information content (AvgIpc) is 2.94. The molecular formula is C19H18ClN3O2. The summed E-state index contributed by atoms with van der Waals surface area (Å²) in [5, 5.41) is 3.58. The number of imidazole rings is 1. The highest BCUT2D eigenvalue weighted by Crippen LogP contribution is 2.12. The monoisotopic (exact) mass is 355 g/mol. The normalized spacial score (nSPS) is 10.6. The summed E-state index contributed by atoms with van der Waals surface area (Å²) < 4.78 is 1.56. The number of aromatic amines is 1. The van der Waals surface area contributed by atoms with E-state index in [1.807, 2.05) is 31.2 Å². The predicted octanol–water partition coefficient (Wildman–Crippen LogP) is 3.10. The van der Waals surface area contributed by atoms with Crippen LogP contribution < -0.4 is 11.0 Å². The lowest BCUT2D eigenvalue weighted by molar-refractivity contribution is 0.0954. The van der Waals surface area contributed by atoms with Crippen LogP contribution in [0.5, 0.6) is 0 Å². The van der Waals surface area contributed by atoms with Crippen molar-refractivity contribution in [3.05, 3.63) is 87.1 Å². The fourth-order valence-electron chi connectivity index (χ4n) is 2.65. The number of aromatic nitrogens is 2. The molecule has 2 N–H and O–H groups in total. The number of carbonyl (C=O) groups excluding carboxylic acids is 1. The molecule has 2 aromatic carbocycles. The van der Waals surface area contributed by atoms with E-state index in [0.717, 1.165) is 16.9 Å². The third kappa shape index (κ3) is 4.00. The summed E-state index contributed by atoms with van der Waals surface area (Å²) in [6.45, 7) is 2.37. The molecule has 0 radical (unpaired) electrons. The number of aryl methyl sites for hydroxylation is 1. The number of hydrogen-bond donors (Lipinski definition) is 2. The van der Waals surface area contributed by atoms with E-state index in [1.165, 1.54) is 0 Å². The summed E-state index contributed by atoms with van der Waals surface area (Å²) in [6, 6.07) is 14.5. The van der Waals surface area contributed by atoms with Crippen molar-refractivity contribution in [2.24, 2.45) is 0 Å². The van der Waals surface area contributed by atoms with Crippen molar-refractivity contribution >= 4 is 17.5 Å². The number of rotatable bonds is 5. The number of amides is 1. The average molecular weight is 356 g/mol. The van der Waals surface area contributed by atoms with Gasteiger partial charge in [0.05, 0.1) is 5.69 Å². The maximum atomic E-state index is 12.2. The quantitative estimate of drug-likeness (QED) is 0.738. The first-order valence-corrected chi connectivity index (χ1v) is 8.32. The minimum atomic E-state index is -0.198. The van der Waals surface area contributed by atoms with E-state index in [2.05, 4.69) is 10.3 Å². The van der Waals surface area contributed by atoms with Crippen molar-refractivity contribution in [1.82, 2.24) is 14.9 Å². The van der Waals surface area contributed by atoms with E-state index in [0.29, 0.717) is 23.6 Å². The van der Waals surface area contributed by atoms with E-state index < -0.39 is 0 Å². The molecule has 0 fully saturated rings. The van der Waals surface area contributed by atoms with E-state index in [9.17, 15) is 9.59 Å². The fraction of sp³-hybridized carbons (Fsp3) is 0.158. The van der Waals surface area contributed by atoms with E-state index in [1.54, 1.807) is 35.0 Å². The van der Waals surface area contributed by atoms with Gasteiger partial charge in [-0.1, -0.05) is 23.7 Å². The molecule has 5 nitrogen and oxygen atoms in total. The van der Waals surface area contributed by atoms with Crippen LogP contribution in [0, 0.1) is 6.92 Å². The van der Waals surface area contributed by atoms with Gasteiger partial charge < -0.3 is 10.3 Å². The van der Waals surface area contributed by atoms with Gasteiger partial charge in [0.2, 0.25) is 0 Å². The highest BCUT2D eigenvalue weighted by molar-refractivity contribution is 6.30. The van der Waals surface area contributed by atoms with Gasteiger partial charge in [-0.3, -0.25) is 9.36 Å². The van der Waals surface area contributed by atoms with E-state index >= 15 is 0 Å². The molecule has 0 unspecified atom stereocenters. The number of nitrogens with zero attached hydrogens (tertiary/aromatic N) is 1. The molecule has 1 amide bonds. The molecule has 1 heterocycles. The first kappa shape index (κ1) is 17.0. The van der Waals surface area contributed by atoms with Crippen LogP contribution in [0.3, 0.4) is 0 Å². The molecule has 0 bridgehead atoms. The molecule has 0 saturated carbocycles. The molecule has 0 saturated heterocycles. The van der Waals surface area contributed by atoms with Crippen LogP contribution in [0.1, 0.15) is 21.6 Å². The fourth-order valence-corrected chi connectivity index (χ4v) is 2.87. The van der Waals surface area contributed by atoms with Crippen LogP contribution in [-0.4, -0.2) is 22.0 Å². The molecule has 3 rings (SSSR count).